The van der Waals surface area contributed by atoms with Crippen LogP contribution in [-0.2, 0) is 0 Å². The normalized spacial score (nSPS) is 10.3. The van der Waals surface area contributed by atoms with Crippen LogP contribution in [0.4, 0.5) is 5.69 Å². The van der Waals surface area contributed by atoms with E-state index >= 15 is 0 Å². The Morgan fingerprint density at radius 3 is 2.26 bits per heavy atom. The van der Waals surface area contributed by atoms with Gasteiger partial charge in [-0.05, 0) is 35.4 Å². The molecule has 0 saturated heterocycles. The van der Waals surface area contributed by atoms with Gasteiger partial charge in [-0.15, -0.1) is 12.6 Å². The summed E-state index contributed by atoms with van der Waals surface area (Å²) in [6.07, 6.45) is 0. The maximum absolute atomic E-state index is 11.3. The highest BCUT2D eigenvalue weighted by Crippen LogP contribution is 2.27. The smallest absolute Gasteiger partial charge is 0.336 e. The van der Waals surface area contributed by atoms with Gasteiger partial charge in [0.25, 0.3) is 0 Å². The third kappa shape index (κ3) is 2.90. The van der Waals surface area contributed by atoms with Gasteiger partial charge in [0, 0.05) is 24.7 Å². The summed E-state index contributed by atoms with van der Waals surface area (Å²) >= 11 is 4.18. The number of nitrogens with zero attached hydrogens (tertiary/aromatic N) is 1. The number of carboxylic acids is 1. The van der Waals surface area contributed by atoms with Crippen LogP contribution < -0.4 is 4.90 Å². The van der Waals surface area contributed by atoms with Gasteiger partial charge in [0.05, 0.1) is 5.56 Å². The minimum atomic E-state index is -0.942. The van der Waals surface area contributed by atoms with Gasteiger partial charge in [0.15, 0.2) is 0 Å². The van der Waals surface area contributed by atoms with Crippen LogP contribution in [0.2, 0.25) is 0 Å². The highest BCUT2D eigenvalue weighted by molar-refractivity contribution is 7.80. The minimum absolute atomic E-state index is 0.269. The molecule has 0 aliphatic carbocycles. The quantitative estimate of drug-likeness (QED) is 0.842. The lowest BCUT2D eigenvalue weighted by molar-refractivity contribution is 0.0697. The molecule has 0 aromatic heterocycles. The van der Waals surface area contributed by atoms with Crippen LogP contribution in [0.25, 0.3) is 11.1 Å². The molecule has 4 heteroatoms. The van der Waals surface area contributed by atoms with E-state index in [-0.39, 0.29) is 5.56 Å². The third-order valence-electron chi connectivity index (χ3n) is 2.93. The molecule has 19 heavy (non-hydrogen) atoms. The lowest BCUT2D eigenvalue weighted by Crippen LogP contribution is -2.08. The number of thiol groups is 1. The maximum Gasteiger partial charge on any atom is 0.336 e. The molecule has 0 fully saturated rings. The van der Waals surface area contributed by atoms with Crippen LogP contribution in [0.3, 0.4) is 0 Å². The minimum Gasteiger partial charge on any atom is -0.478 e. The van der Waals surface area contributed by atoms with Crippen molar-refractivity contribution in [2.24, 2.45) is 0 Å². The second kappa shape index (κ2) is 5.36. The number of aromatic carboxylic acids is 1. The van der Waals surface area contributed by atoms with Crippen molar-refractivity contribution in [3.05, 3.63) is 48.0 Å². The third-order valence-corrected chi connectivity index (χ3v) is 3.21. The van der Waals surface area contributed by atoms with Gasteiger partial charge >= 0.3 is 5.97 Å². The molecule has 0 saturated carbocycles. The summed E-state index contributed by atoms with van der Waals surface area (Å²) in [6, 6.07) is 12.9. The van der Waals surface area contributed by atoms with Crippen LogP contribution in [0.15, 0.2) is 47.4 Å². The molecule has 2 rings (SSSR count). The van der Waals surface area contributed by atoms with Crippen molar-refractivity contribution in [2.45, 2.75) is 4.90 Å². The molecule has 3 nitrogen and oxygen atoms in total. The zero-order valence-corrected chi connectivity index (χ0v) is 11.7. The topological polar surface area (TPSA) is 40.5 Å². The molecule has 2 aromatic rings. The van der Waals surface area contributed by atoms with Gasteiger partial charge in [-0.2, -0.15) is 0 Å². The van der Waals surface area contributed by atoms with E-state index in [2.05, 4.69) is 12.6 Å². The Kier molecular flexibility index (Phi) is 3.81. The Morgan fingerprint density at radius 2 is 1.74 bits per heavy atom. The van der Waals surface area contributed by atoms with Crippen LogP contribution in [0.5, 0.6) is 0 Å². The summed E-state index contributed by atoms with van der Waals surface area (Å²) in [7, 11) is 3.93. The SMILES string of the molecule is CN(C)c1ccc(-c2ccc(S)cc2C(=O)O)cc1. The molecule has 0 bridgehead atoms. The fraction of sp³-hybridized carbons (Fsp3) is 0.133. The van der Waals surface area contributed by atoms with Crippen molar-refractivity contribution in [1.82, 2.24) is 0 Å². The number of hydrogen-bond acceptors (Lipinski definition) is 3. The molecule has 0 radical (unpaired) electrons. The van der Waals surface area contributed by atoms with Crippen molar-refractivity contribution in [3.8, 4) is 11.1 Å². The molecule has 0 unspecified atom stereocenters. The van der Waals surface area contributed by atoms with Crippen molar-refractivity contribution in [1.29, 1.82) is 0 Å². The van der Waals surface area contributed by atoms with Gasteiger partial charge in [0.1, 0.15) is 0 Å². The Balaban J connectivity index is 2.49. The Hall–Kier alpha value is -1.94. The fourth-order valence-corrected chi connectivity index (χ4v) is 2.10. The summed E-state index contributed by atoms with van der Waals surface area (Å²) in [5, 5.41) is 9.25. The van der Waals surface area contributed by atoms with Crippen molar-refractivity contribution < 1.29 is 9.90 Å². The fourth-order valence-electron chi connectivity index (χ4n) is 1.90. The van der Waals surface area contributed by atoms with E-state index in [0.29, 0.717) is 10.5 Å². The Labute approximate surface area is 117 Å². The summed E-state index contributed by atoms with van der Waals surface area (Å²) in [5.74, 6) is -0.942. The van der Waals surface area contributed by atoms with Crippen LogP contribution in [0, 0.1) is 0 Å². The number of carbonyl (C=O) groups is 1. The molecule has 0 atom stereocenters. The Bertz CT molecular complexity index is 606. The lowest BCUT2D eigenvalue weighted by Gasteiger charge is -2.13. The van der Waals surface area contributed by atoms with Crippen molar-refractivity contribution in [3.63, 3.8) is 0 Å². The second-order valence-corrected chi connectivity index (χ2v) is 4.99. The number of benzene rings is 2. The van der Waals surface area contributed by atoms with Crippen LogP contribution in [-0.4, -0.2) is 25.2 Å². The highest BCUT2D eigenvalue weighted by Gasteiger charge is 2.12. The van der Waals surface area contributed by atoms with Crippen LogP contribution >= 0.6 is 12.6 Å². The molecule has 0 aliphatic rings. The van der Waals surface area contributed by atoms with Crippen molar-refractivity contribution >= 4 is 24.3 Å². The zero-order valence-electron chi connectivity index (χ0n) is 10.8. The summed E-state index contributed by atoms with van der Waals surface area (Å²) in [5.41, 5.74) is 2.93. The molecular weight excluding hydrogens is 258 g/mol. The average molecular weight is 273 g/mol. The molecule has 0 spiro atoms. The van der Waals surface area contributed by atoms with E-state index in [0.717, 1.165) is 11.3 Å². The number of carboxylic acid groups (broad SMARTS) is 1. The molecule has 0 aliphatic heterocycles. The van der Waals surface area contributed by atoms with Crippen molar-refractivity contribution in [2.75, 3.05) is 19.0 Å². The summed E-state index contributed by atoms with van der Waals surface area (Å²) in [6.45, 7) is 0. The van der Waals surface area contributed by atoms with Gasteiger partial charge in [-0.1, -0.05) is 18.2 Å². The molecule has 98 valence electrons. The lowest BCUT2D eigenvalue weighted by atomic mass is 9.99. The van der Waals surface area contributed by atoms with E-state index in [1.54, 1.807) is 18.2 Å². The van der Waals surface area contributed by atoms with E-state index in [1.807, 2.05) is 43.3 Å². The van der Waals surface area contributed by atoms with E-state index in [9.17, 15) is 9.90 Å². The first-order valence-corrected chi connectivity index (χ1v) is 6.28. The molecule has 0 heterocycles. The van der Waals surface area contributed by atoms with E-state index in [4.69, 9.17) is 0 Å². The summed E-state index contributed by atoms with van der Waals surface area (Å²) in [4.78, 5) is 13.9. The molecule has 2 aromatic carbocycles. The standard InChI is InChI=1S/C15H15NO2S/c1-16(2)11-5-3-10(4-6-11)13-8-7-12(19)9-14(13)15(17)18/h3-9,19H,1-2H3,(H,17,18). The zero-order chi connectivity index (χ0) is 14.0. The predicted octanol–water partition coefficient (Wildman–Crippen LogP) is 3.41. The number of hydrogen-bond donors (Lipinski definition) is 2. The first kappa shape index (κ1) is 13.5. The van der Waals surface area contributed by atoms with E-state index < -0.39 is 5.97 Å². The monoisotopic (exact) mass is 273 g/mol. The van der Waals surface area contributed by atoms with Gasteiger partial charge in [-0.3, -0.25) is 0 Å². The van der Waals surface area contributed by atoms with E-state index in [1.165, 1.54) is 0 Å². The predicted molar refractivity (Wildman–Crippen MR) is 80.4 cm³/mol. The number of rotatable bonds is 3. The first-order valence-electron chi connectivity index (χ1n) is 5.83. The largest absolute Gasteiger partial charge is 0.478 e. The Morgan fingerprint density at radius 1 is 1.11 bits per heavy atom. The van der Waals surface area contributed by atoms with Gasteiger partial charge in [-0.25, -0.2) is 4.79 Å². The van der Waals surface area contributed by atoms with Crippen LogP contribution in [0.1, 0.15) is 10.4 Å². The highest BCUT2D eigenvalue weighted by atomic mass is 32.1. The second-order valence-electron chi connectivity index (χ2n) is 4.48. The first-order chi connectivity index (χ1) is 8.99. The maximum atomic E-state index is 11.3. The average Bonchev–Trinajstić information content (AvgIpc) is 2.38. The van der Waals surface area contributed by atoms with Gasteiger partial charge < -0.3 is 10.0 Å². The summed E-state index contributed by atoms with van der Waals surface area (Å²) < 4.78 is 0. The number of anilines is 1. The van der Waals surface area contributed by atoms with Gasteiger partial charge in [0.2, 0.25) is 0 Å². The molecule has 0 amide bonds. The molecule has 1 N–H and O–H groups in total. The molecular formula is C15H15NO2S.